The van der Waals surface area contributed by atoms with Crippen LogP contribution < -0.4 is 44.9 Å². The maximum Gasteiger partial charge on any atom is 0.336 e. The van der Waals surface area contributed by atoms with Crippen LogP contribution in [-0.2, 0) is 9.59 Å². The van der Waals surface area contributed by atoms with E-state index in [0.717, 1.165) is 10.9 Å². The number of rotatable bonds is 12. The lowest BCUT2D eigenvalue weighted by Crippen LogP contribution is -2.50. The number of nitrogens with two attached hydrogens (primary N) is 5. The van der Waals surface area contributed by atoms with E-state index in [-0.39, 0.29) is 24.9 Å². The number of hydrogen-bond acceptors (Lipinski definition) is 7. The molecule has 0 aliphatic carbocycles. The quantitative estimate of drug-likeness (QED) is 0.0835. The average Bonchev–Trinajstić information content (AvgIpc) is 2.77. The van der Waals surface area contributed by atoms with Gasteiger partial charge in [-0.2, -0.15) is 0 Å². The third-order valence-electron chi connectivity index (χ3n) is 5.10. The number of amides is 2. The van der Waals surface area contributed by atoms with Gasteiger partial charge in [-0.1, -0.05) is 0 Å². The lowest BCUT2D eigenvalue weighted by molar-refractivity contribution is -0.127. The van der Waals surface area contributed by atoms with E-state index >= 15 is 0 Å². The number of aliphatic imine (C=N–C) groups is 2. The average molecular weight is 488 g/mol. The second kappa shape index (κ2) is 12.9. The van der Waals surface area contributed by atoms with Crippen molar-refractivity contribution in [2.24, 2.45) is 38.7 Å². The van der Waals surface area contributed by atoms with Crippen molar-refractivity contribution in [2.45, 2.75) is 44.7 Å². The first kappa shape index (κ1) is 27.1. The zero-order valence-corrected chi connectivity index (χ0v) is 19.6. The Kier molecular flexibility index (Phi) is 10.0. The summed E-state index contributed by atoms with van der Waals surface area (Å²) in [6, 6.07) is 4.61. The fourth-order valence-corrected chi connectivity index (χ4v) is 3.33. The van der Waals surface area contributed by atoms with Gasteiger partial charge >= 0.3 is 5.63 Å². The molecule has 35 heavy (non-hydrogen) atoms. The van der Waals surface area contributed by atoms with Gasteiger partial charge in [0.2, 0.25) is 11.8 Å². The molecule has 2 atom stereocenters. The van der Waals surface area contributed by atoms with Crippen molar-refractivity contribution < 1.29 is 14.0 Å². The lowest BCUT2D eigenvalue weighted by Gasteiger charge is -2.20. The van der Waals surface area contributed by atoms with Crippen molar-refractivity contribution in [3.05, 3.63) is 40.2 Å². The van der Waals surface area contributed by atoms with E-state index in [1.165, 1.54) is 6.07 Å². The molecule has 0 aliphatic rings. The highest BCUT2D eigenvalue weighted by Crippen LogP contribution is 2.21. The summed E-state index contributed by atoms with van der Waals surface area (Å²) in [6.07, 6.45) is 1.52. The Balaban J connectivity index is 2.10. The molecule has 190 valence electrons. The molecule has 13 nitrogen and oxygen atoms in total. The van der Waals surface area contributed by atoms with Crippen LogP contribution in [0.3, 0.4) is 0 Å². The van der Waals surface area contributed by atoms with Gasteiger partial charge in [0, 0.05) is 36.3 Å². The Hall–Kier alpha value is -4.13. The van der Waals surface area contributed by atoms with Crippen LogP contribution in [0.4, 0.5) is 5.69 Å². The molecule has 0 unspecified atom stereocenters. The van der Waals surface area contributed by atoms with Crippen molar-refractivity contribution in [3.8, 4) is 0 Å². The molecule has 0 saturated carbocycles. The van der Waals surface area contributed by atoms with Gasteiger partial charge in [-0.15, -0.1) is 0 Å². The predicted molar refractivity (Wildman–Crippen MR) is 136 cm³/mol. The molecule has 2 amide bonds. The fourth-order valence-electron chi connectivity index (χ4n) is 3.33. The van der Waals surface area contributed by atoms with Crippen LogP contribution in [0.5, 0.6) is 0 Å². The van der Waals surface area contributed by atoms with Gasteiger partial charge in [0.25, 0.3) is 0 Å². The van der Waals surface area contributed by atoms with E-state index in [4.69, 9.17) is 33.1 Å². The second-order valence-corrected chi connectivity index (χ2v) is 8.01. The minimum absolute atomic E-state index is 0.0383. The van der Waals surface area contributed by atoms with E-state index in [1.54, 1.807) is 25.1 Å². The Bertz CT molecular complexity index is 1150. The minimum Gasteiger partial charge on any atom is -0.423 e. The number of nitrogens with zero attached hydrogens (tertiary/aromatic N) is 2. The number of guanidine groups is 2. The Morgan fingerprint density at radius 1 is 0.971 bits per heavy atom. The molecular weight excluding hydrogens is 454 g/mol. The number of fused-ring (bicyclic) bond motifs is 1. The first-order valence-corrected chi connectivity index (χ1v) is 11.1. The topological polar surface area (TPSA) is 243 Å². The number of benzene rings is 1. The first-order chi connectivity index (χ1) is 16.6. The van der Waals surface area contributed by atoms with E-state index in [9.17, 15) is 14.4 Å². The molecular formula is C22H33N9O4. The Morgan fingerprint density at radius 2 is 1.60 bits per heavy atom. The third-order valence-corrected chi connectivity index (χ3v) is 5.10. The first-order valence-electron chi connectivity index (χ1n) is 11.1. The summed E-state index contributed by atoms with van der Waals surface area (Å²) in [5, 5.41) is 6.18. The summed E-state index contributed by atoms with van der Waals surface area (Å²) in [5.74, 6) is -1.06. The summed E-state index contributed by atoms with van der Waals surface area (Å²) < 4.78 is 5.23. The highest BCUT2D eigenvalue weighted by atomic mass is 16.4. The van der Waals surface area contributed by atoms with Gasteiger partial charge in [-0.3, -0.25) is 19.6 Å². The maximum atomic E-state index is 13.0. The third kappa shape index (κ3) is 8.97. The molecule has 2 aromatic rings. The molecule has 0 bridgehead atoms. The van der Waals surface area contributed by atoms with Crippen LogP contribution in [0.1, 0.15) is 31.2 Å². The molecule has 0 fully saturated rings. The molecule has 0 radical (unpaired) electrons. The van der Waals surface area contributed by atoms with Gasteiger partial charge in [0.05, 0.1) is 6.04 Å². The van der Waals surface area contributed by atoms with Crippen LogP contribution in [0, 0.1) is 6.92 Å². The normalized spacial score (nSPS) is 12.4. The molecule has 12 N–H and O–H groups in total. The number of carbonyl (C=O) groups excluding carboxylic acids is 2. The van der Waals surface area contributed by atoms with Crippen molar-refractivity contribution >= 4 is 40.4 Å². The molecule has 1 heterocycles. The second-order valence-electron chi connectivity index (χ2n) is 8.01. The molecule has 13 heteroatoms. The van der Waals surface area contributed by atoms with Crippen molar-refractivity contribution in [3.63, 3.8) is 0 Å². The fraction of sp³-hybridized carbons (Fsp3) is 0.409. The Morgan fingerprint density at radius 3 is 2.23 bits per heavy atom. The minimum atomic E-state index is -0.902. The SMILES string of the molecule is Cc1cc(=O)oc2cc(NC(=O)[C@@H](CCCN=C(N)N)NC(=O)[C@H](N)CCCN=C(N)N)ccc12. The van der Waals surface area contributed by atoms with Gasteiger partial charge in [0.15, 0.2) is 11.9 Å². The van der Waals surface area contributed by atoms with Crippen LogP contribution in [0.15, 0.2) is 43.5 Å². The van der Waals surface area contributed by atoms with E-state index in [0.29, 0.717) is 37.1 Å². The molecule has 0 spiro atoms. The number of hydrogen-bond donors (Lipinski definition) is 7. The molecule has 2 rings (SSSR count). The standard InChI is InChI=1S/C22H33N9O4/c1-12-10-18(32)35-17-11-13(6-7-14(12)17)30-20(34)16(5-3-9-29-22(26)27)31-19(33)15(23)4-2-8-28-21(24)25/h6-7,10-11,15-16H,2-5,8-9,23H2,1H3,(H,30,34)(H,31,33)(H4,24,25,28)(H4,26,27,29)/t15-,16-/m1/s1. The molecule has 1 aromatic carbocycles. The molecule has 0 saturated heterocycles. The van der Waals surface area contributed by atoms with E-state index in [2.05, 4.69) is 20.6 Å². The summed E-state index contributed by atoms with van der Waals surface area (Å²) in [5.41, 5.74) is 28.2. The predicted octanol–water partition coefficient (Wildman–Crippen LogP) is -1.04. The smallest absolute Gasteiger partial charge is 0.336 e. The molecule has 1 aromatic heterocycles. The van der Waals surface area contributed by atoms with Crippen molar-refractivity contribution in [1.29, 1.82) is 0 Å². The summed E-state index contributed by atoms with van der Waals surface area (Å²) >= 11 is 0. The van der Waals surface area contributed by atoms with Gasteiger partial charge in [-0.25, -0.2) is 4.79 Å². The summed E-state index contributed by atoms with van der Waals surface area (Å²) in [6.45, 7) is 2.41. The number of anilines is 1. The monoisotopic (exact) mass is 487 g/mol. The zero-order valence-electron chi connectivity index (χ0n) is 19.6. The lowest BCUT2D eigenvalue weighted by atomic mass is 10.1. The van der Waals surface area contributed by atoms with Gasteiger partial charge < -0.3 is 43.7 Å². The van der Waals surface area contributed by atoms with Gasteiger partial charge in [-0.05, 0) is 50.3 Å². The van der Waals surface area contributed by atoms with E-state index < -0.39 is 29.5 Å². The Labute approximate surface area is 202 Å². The molecule has 0 aliphatic heterocycles. The highest BCUT2D eigenvalue weighted by molar-refractivity contribution is 5.99. The van der Waals surface area contributed by atoms with Crippen LogP contribution in [-0.4, -0.2) is 48.9 Å². The number of nitrogens with one attached hydrogen (secondary N) is 2. The largest absolute Gasteiger partial charge is 0.423 e. The van der Waals surface area contributed by atoms with Crippen LogP contribution in [0.2, 0.25) is 0 Å². The maximum absolute atomic E-state index is 13.0. The van der Waals surface area contributed by atoms with Gasteiger partial charge in [0.1, 0.15) is 11.6 Å². The zero-order chi connectivity index (χ0) is 26.0. The van der Waals surface area contributed by atoms with Crippen LogP contribution in [0.25, 0.3) is 11.0 Å². The van der Waals surface area contributed by atoms with Crippen LogP contribution >= 0.6 is 0 Å². The highest BCUT2D eigenvalue weighted by Gasteiger charge is 2.23. The number of aryl methyl sites for hydroxylation is 1. The van der Waals surface area contributed by atoms with E-state index in [1.807, 2.05) is 0 Å². The van der Waals surface area contributed by atoms with Crippen molar-refractivity contribution in [1.82, 2.24) is 5.32 Å². The summed E-state index contributed by atoms with van der Waals surface area (Å²) in [4.78, 5) is 45.1. The number of carbonyl (C=O) groups is 2. The van der Waals surface area contributed by atoms with Crippen molar-refractivity contribution in [2.75, 3.05) is 18.4 Å². The summed E-state index contributed by atoms with van der Waals surface area (Å²) in [7, 11) is 0.